The molecule has 0 aliphatic heterocycles. The van der Waals surface area contributed by atoms with E-state index >= 15 is 0 Å². The van der Waals surface area contributed by atoms with Gasteiger partial charge in [0, 0.05) is 19.1 Å². The molecule has 2 N–H and O–H groups in total. The Balaban J connectivity index is 2.36. The Morgan fingerprint density at radius 3 is 2.69 bits per heavy atom. The van der Waals surface area contributed by atoms with Gasteiger partial charge in [0.1, 0.15) is 0 Å². The highest BCUT2D eigenvalue weighted by molar-refractivity contribution is 4.84. The molecule has 2 unspecified atom stereocenters. The van der Waals surface area contributed by atoms with Crippen molar-refractivity contribution in [1.29, 1.82) is 0 Å². The molecule has 1 aliphatic rings. The van der Waals surface area contributed by atoms with Crippen LogP contribution in [0.2, 0.25) is 0 Å². The number of nitrogens with zero attached hydrogens (tertiary/aromatic N) is 1. The second-order valence-electron chi connectivity index (χ2n) is 4.88. The number of aliphatic hydroxyl groups is 1. The molecule has 0 aromatic carbocycles. The van der Waals surface area contributed by atoms with E-state index in [2.05, 4.69) is 24.1 Å². The third-order valence-electron chi connectivity index (χ3n) is 3.57. The topological polar surface area (TPSA) is 35.5 Å². The van der Waals surface area contributed by atoms with Crippen molar-refractivity contribution in [1.82, 2.24) is 10.2 Å². The lowest BCUT2D eigenvalue weighted by Crippen LogP contribution is -2.40. The van der Waals surface area contributed by atoms with Gasteiger partial charge in [-0.05, 0) is 38.3 Å². The van der Waals surface area contributed by atoms with E-state index in [1.54, 1.807) is 0 Å². The minimum atomic E-state index is 0.290. The van der Waals surface area contributed by atoms with Gasteiger partial charge in [-0.15, -0.1) is 0 Å². The van der Waals surface area contributed by atoms with Gasteiger partial charge in [0.05, 0.1) is 6.61 Å². The zero-order chi connectivity index (χ0) is 11.8. The van der Waals surface area contributed by atoms with E-state index in [0.29, 0.717) is 12.6 Å². The van der Waals surface area contributed by atoms with E-state index in [9.17, 15) is 0 Å². The van der Waals surface area contributed by atoms with Crippen molar-refractivity contribution in [2.75, 3.05) is 32.8 Å². The Morgan fingerprint density at radius 2 is 2.06 bits per heavy atom. The fourth-order valence-corrected chi connectivity index (χ4v) is 2.87. The van der Waals surface area contributed by atoms with Crippen molar-refractivity contribution in [3.63, 3.8) is 0 Å². The molecule has 1 rings (SSSR count). The van der Waals surface area contributed by atoms with Crippen LogP contribution in [0.25, 0.3) is 0 Å². The molecular weight excluding hydrogens is 200 g/mol. The second kappa shape index (κ2) is 8.04. The summed E-state index contributed by atoms with van der Waals surface area (Å²) in [7, 11) is 0. The highest BCUT2D eigenvalue weighted by Crippen LogP contribution is 2.26. The summed E-state index contributed by atoms with van der Waals surface area (Å²) in [6.45, 7) is 8.88. The molecule has 16 heavy (non-hydrogen) atoms. The van der Waals surface area contributed by atoms with Gasteiger partial charge in [-0.25, -0.2) is 0 Å². The molecular formula is C13H28N2O. The normalized spacial score (nSPS) is 25.5. The van der Waals surface area contributed by atoms with E-state index in [0.717, 1.165) is 32.1 Å². The lowest BCUT2D eigenvalue weighted by Gasteiger charge is -2.28. The Kier molecular flexibility index (Phi) is 7.01. The van der Waals surface area contributed by atoms with Crippen molar-refractivity contribution in [2.45, 2.75) is 45.6 Å². The van der Waals surface area contributed by atoms with Gasteiger partial charge >= 0.3 is 0 Å². The van der Waals surface area contributed by atoms with Crippen LogP contribution in [0.3, 0.4) is 0 Å². The zero-order valence-corrected chi connectivity index (χ0v) is 10.9. The molecule has 0 radical (unpaired) electrons. The fourth-order valence-electron chi connectivity index (χ4n) is 2.87. The van der Waals surface area contributed by atoms with Gasteiger partial charge in [0.15, 0.2) is 0 Å². The standard InChI is InChI=1S/C13H28N2O/c1-3-8-15(9-10-16)11-12-6-5-7-13(12)14-4-2/h12-14,16H,3-11H2,1-2H3. The molecule has 2 atom stereocenters. The van der Waals surface area contributed by atoms with Crippen LogP contribution in [-0.2, 0) is 0 Å². The van der Waals surface area contributed by atoms with Gasteiger partial charge in [0.25, 0.3) is 0 Å². The van der Waals surface area contributed by atoms with Crippen LogP contribution in [-0.4, -0.2) is 48.8 Å². The summed E-state index contributed by atoms with van der Waals surface area (Å²) in [6, 6.07) is 0.711. The number of hydrogen-bond donors (Lipinski definition) is 2. The smallest absolute Gasteiger partial charge is 0.0558 e. The first-order chi connectivity index (χ1) is 7.81. The molecule has 0 aromatic rings. The summed E-state index contributed by atoms with van der Waals surface area (Å²) >= 11 is 0. The van der Waals surface area contributed by atoms with E-state index in [4.69, 9.17) is 5.11 Å². The summed E-state index contributed by atoms with van der Waals surface area (Å²) in [6.07, 6.45) is 5.22. The van der Waals surface area contributed by atoms with Crippen molar-refractivity contribution >= 4 is 0 Å². The van der Waals surface area contributed by atoms with Crippen LogP contribution in [0.5, 0.6) is 0 Å². The number of aliphatic hydroxyl groups excluding tert-OH is 1. The highest BCUT2D eigenvalue weighted by Gasteiger charge is 2.27. The summed E-state index contributed by atoms with van der Waals surface area (Å²) < 4.78 is 0. The Labute approximate surface area is 100 Å². The Bertz CT molecular complexity index is 169. The molecule has 3 nitrogen and oxygen atoms in total. The second-order valence-corrected chi connectivity index (χ2v) is 4.88. The van der Waals surface area contributed by atoms with Crippen LogP contribution in [0.1, 0.15) is 39.5 Å². The first kappa shape index (κ1) is 13.9. The van der Waals surface area contributed by atoms with Crippen molar-refractivity contribution in [3.8, 4) is 0 Å². The fraction of sp³-hybridized carbons (Fsp3) is 1.00. The highest BCUT2D eigenvalue weighted by atomic mass is 16.3. The number of nitrogens with one attached hydrogen (secondary N) is 1. The molecule has 1 saturated carbocycles. The van der Waals surface area contributed by atoms with E-state index in [1.807, 2.05) is 0 Å². The van der Waals surface area contributed by atoms with Crippen LogP contribution >= 0.6 is 0 Å². The Morgan fingerprint density at radius 1 is 1.25 bits per heavy atom. The molecule has 0 spiro atoms. The predicted octanol–water partition coefficient (Wildman–Crippen LogP) is 1.47. The molecule has 0 saturated heterocycles. The molecule has 1 aliphatic carbocycles. The van der Waals surface area contributed by atoms with E-state index < -0.39 is 0 Å². The van der Waals surface area contributed by atoms with Crippen molar-refractivity contribution in [3.05, 3.63) is 0 Å². The van der Waals surface area contributed by atoms with Crippen LogP contribution in [0.15, 0.2) is 0 Å². The van der Waals surface area contributed by atoms with E-state index in [1.165, 1.54) is 25.7 Å². The van der Waals surface area contributed by atoms with Gasteiger partial charge in [-0.3, -0.25) is 0 Å². The van der Waals surface area contributed by atoms with Gasteiger partial charge in [0.2, 0.25) is 0 Å². The molecule has 96 valence electrons. The maximum Gasteiger partial charge on any atom is 0.0558 e. The zero-order valence-electron chi connectivity index (χ0n) is 10.9. The average molecular weight is 228 g/mol. The summed E-state index contributed by atoms with van der Waals surface area (Å²) in [5.74, 6) is 0.790. The predicted molar refractivity (Wildman–Crippen MR) is 68.6 cm³/mol. The lowest BCUT2D eigenvalue weighted by atomic mass is 10.0. The summed E-state index contributed by atoms with van der Waals surface area (Å²) in [5, 5.41) is 12.6. The molecule has 3 heteroatoms. The Hall–Kier alpha value is -0.120. The largest absolute Gasteiger partial charge is 0.395 e. The monoisotopic (exact) mass is 228 g/mol. The molecule has 1 fully saturated rings. The van der Waals surface area contributed by atoms with Crippen LogP contribution in [0, 0.1) is 5.92 Å². The van der Waals surface area contributed by atoms with E-state index in [-0.39, 0.29) is 0 Å². The van der Waals surface area contributed by atoms with Crippen molar-refractivity contribution in [2.24, 2.45) is 5.92 Å². The third kappa shape index (κ3) is 4.40. The molecule has 0 bridgehead atoms. The first-order valence-electron chi connectivity index (χ1n) is 6.88. The molecule has 0 heterocycles. The van der Waals surface area contributed by atoms with Gasteiger partial charge in [-0.1, -0.05) is 20.3 Å². The molecule has 0 amide bonds. The van der Waals surface area contributed by atoms with Gasteiger partial charge < -0.3 is 15.3 Å². The van der Waals surface area contributed by atoms with Crippen LogP contribution < -0.4 is 5.32 Å². The minimum absolute atomic E-state index is 0.290. The summed E-state index contributed by atoms with van der Waals surface area (Å²) in [5.41, 5.74) is 0. The molecule has 0 aromatic heterocycles. The van der Waals surface area contributed by atoms with Crippen molar-refractivity contribution < 1.29 is 5.11 Å². The minimum Gasteiger partial charge on any atom is -0.395 e. The average Bonchev–Trinajstić information content (AvgIpc) is 2.67. The number of hydrogen-bond acceptors (Lipinski definition) is 3. The lowest BCUT2D eigenvalue weighted by molar-refractivity contribution is 0.167. The first-order valence-corrected chi connectivity index (χ1v) is 6.88. The maximum atomic E-state index is 9.05. The van der Waals surface area contributed by atoms with Gasteiger partial charge in [-0.2, -0.15) is 0 Å². The SMILES string of the molecule is CCCN(CCO)CC1CCCC1NCC. The quantitative estimate of drug-likeness (QED) is 0.660. The third-order valence-corrected chi connectivity index (χ3v) is 3.57. The number of rotatable bonds is 8. The maximum absolute atomic E-state index is 9.05. The summed E-state index contributed by atoms with van der Waals surface area (Å²) in [4.78, 5) is 2.42. The van der Waals surface area contributed by atoms with Crippen LogP contribution in [0.4, 0.5) is 0 Å².